The van der Waals surface area contributed by atoms with E-state index in [4.69, 9.17) is 4.74 Å². The lowest BCUT2D eigenvalue weighted by atomic mass is 9.77. The summed E-state index contributed by atoms with van der Waals surface area (Å²) in [4.78, 5) is 0. The molecule has 0 amide bonds. The molecule has 0 saturated heterocycles. The summed E-state index contributed by atoms with van der Waals surface area (Å²) >= 11 is 0. The molecule has 1 nitrogen and oxygen atoms in total. The van der Waals surface area contributed by atoms with Crippen molar-refractivity contribution in [2.75, 3.05) is 6.61 Å². The Bertz CT molecular complexity index is 652. The fourth-order valence-corrected chi connectivity index (χ4v) is 4.27. The van der Waals surface area contributed by atoms with E-state index in [2.05, 4.69) is 50.2 Å². The molecule has 1 saturated carbocycles. The quantitative estimate of drug-likeness (QED) is 0.453. The predicted octanol–water partition coefficient (Wildman–Crippen LogP) is 7.48. The Morgan fingerprint density at radius 1 is 0.840 bits per heavy atom. The standard InChI is InChI=1S/C24H34O/c1-3-5-6-7-19-8-10-20(11-9-19)22-13-12-21-14-15-24(25-16-4-2)18-23(21)17-22/h12-15,17-20H,3-11,16H2,1-2H3. The van der Waals surface area contributed by atoms with Crippen molar-refractivity contribution in [3.05, 3.63) is 42.0 Å². The van der Waals surface area contributed by atoms with Crippen LogP contribution in [0.25, 0.3) is 10.8 Å². The summed E-state index contributed by atoms with van der Waals surface area (Å²) in [5.41, 5.74) is 1.53. The zero-order valence-electron chi connectivity index (χ0n) is 16.1. The first-order valence-electron chi connectivity index (χ1n) is 10.5. The second-order valence-electron chi connectivity index (χ2n) is 7.83. The summed E-state index contributed by atoms with van der Waals surface area (Å²) in [6.45, 7) is 5.25. The highest BCUT2D eigenvalue weighted by molar-refractivity contribution is 5.84. The van der Waals surface area contributed by atoms with Gasteiger partial charge in [-0.1, -0.05) is 63.8 Å². The molecule has 25 heavy (non-hydrogen) atoms. The number of unbranched alkanes of at least 4 members (excludes halogenated alkanes) is 2. The largest absolute Gasteiger partial charge is 0.494 e. The van der Waals surface area contributed by atoms with Gasteiger partial charge in [0.05, 0.1) is 6.61 Å². The maximum Gasteiger partial charge on any atom is 0.119 e. The van der Waals surface area contributed by atoms with Crippen LogP contribution >= 0.6 is 0 Å². The fourth-order valence-electron chi connectivity index (χ4n) is 4.27. The molecule has 2 aromatic carbocycles. The van der Waals surface area contributed by atoms with Crippen molar-refractivity contribution in [2.24, 2.45) is 5.92 Å². The second-order valence-corrected chi connectivity index (χ2v) is 7.83. The average Bonchev–Trinajstić information content (AvgIpc) is 2.66. The summed E-state index contributed by atoms with van der Waals surface area (Å²) < 4.78 is 5.81. The first kappa shape index (κ1) is 18.3. The molecule has 0 radical (unpaired) electrons. The van der Waals surface area contributed by atoms with Gasteiger partial charge in [0.2, 0.25) is 0 Å². The third-order valence-electron chi connectivity index (χ3n) is 5.84. The Labute approximate surface area is 153 Å². The van der Waals surface area contributed by atoms with Crippen LogP contribution in [0.2, 0.25) is 0 Å². The van der Waals surface area contributed by atoms with Gasteiger partial charge in [0, 0.05) is 0 Å². The fraction of sp³-hybridized carbons (Fsp3) is 0.583. The van der Waals surface area contributed by atoms with Crippen molar-refractivity contribution < 1.29 is 4.74 Å². The third kappa shape index (κ3) is 5.00. The van der Waals surface area contributed by atoms with Crippen molar-refractivity contribution in [2.45, 2.75) is 77.6 Å². The molecule has 3 rings (SSSR count). The van der Waals surface area contributed by atoms with Gasteiger partial charge >= 0.3 is 0 Å². The highest BCUT2D eigenvalue weighted by Gasteiger charge is 2.22. The van der Waals surface area contributed by atoms with Crippen LogP contribution < -0.4 is 4.74 Å². The van der Waals surface area contributed by atoms with E-state index in [1.165, 1.54) is 67.7 Å². The van der Waals surface area contributed by atoms with Gasteiger partial charge in [0.25, 0.3) is 0 Å². The molecular weight excluding hydrogens is 304 g/mol. The number of hydrogen-bond donors (Lipinski definition) is 0. The van der Waals surface area contributed by atoms with Crippen molar-refractivity contribution >= 4 is 10.8 Å². The maximum atomic E-state index is 5.81. The van der Waals surface area contributed by atoms with Crippen LogP contribution in [-0.2, 0) is 0 Å². The van der Waals surface area contributed by atoms with Crippen molar-refractivity contribution in [1.82, 2.24) is 0 Å². The molecule has 0 aromatic heterocycles. The SMILES string of the molecule is CCCCCC1CCC(c2ccc3ccc(OCCC)cc3c2)CC1. The Morgan fingerprint density at radius 2 is 1.64 bits per heavy atom. The maximum absolute atomic E-state index is 5.81. The van der Waals surface area contributed by atoms with Crippen LogP contribution in [0.5, 0.6) is 5.75 Å². The molecule has 1 fully saturated rings. The molecule has 0 N–H and O–H groups in total. The van der Waals surface area contributed by atoms with Crippen LogP contribution in [-0.4, -0.2) is 6.61 Å². The highest BCUT2D eigenvalue weighted by Crippen LogP contribution is 2.38. The van der Waals surface area contributed by atoms with E-state index < -0.39 is 0 Å². The Kier molecular flexibility index (Phi) is 6.78. The summed E-state index contributed by atoms with van der Waals surface area (Å²) in [6, 6.07) is 13.6. The topological polar surface area (TPSA) is 9.23 Å². The Balaban J connectivity index is 1.63. The van der Waals surface area contributed by atoms with E-state index in [9.17, 15) is 0 Å². The molecule has 0 spiro atoms. The minimum Gasteiger partial charge on any atom is -0.494 e. The number of fused-ring (bicyclic) bond motifs is 1. The number of benzene rings is 2. The lowest BCUT2D eigenvalue weighted by molar-refractivity contribution is 0.303. The lowest BCUT2D eigenvalue weighted by Crippen LogP contribution is -2.13. The van der Waals surface area contributed by atoms with E-state index in [1.54, 1.807) is 0 Å². The first-order chi connectivity index (χ1) is 12.3. The van der Waals surface area contributed by atoms with Gasteiger partial charge in [-0.3, -0.25) is 0 Å². The van der Waals surface area contributed by atoms with Crippen LogP contribution in [0.4, 0.5) is 0 Å². The van der Waals surface area contributed by atoms with E-state index in [0.717, 1.165) is 30.6 Å². The molecule has 136 valence electrons. The predicted molar refractivity (Wildman–Crippen MR) is 109 cm³/mol. The van der Waals surface area contributed by atoms with Crippen LogP contribution in [0.3, 0.4) is 0 Å². The smallest absolute Gasteiger partial charge is 0.119 e. The molecular formula is C24H34O. The molecule has 0 aliphatic heterocycles. The average molecular weight is 339 g/mol. The van der Waals surface area contributed by atoms with E-state index in [-0.39, 0.29) is 0 Å². The van der Waals surface area contributed by atoms with E-state index in [1.807, 2.05) is 0 Å². The third-order valence-corrected chi connectivity index (χ3v) is 5.84. The summed E-state index contributed by atoms with van der Waals surface area (Å²) in [5, 5.41) is 2.65. The Morgan fingerprint density at radius 3 is 2.40 bits per heavy atom. The van der Waals surface area contributed by atoms with Crippen molar-refractivity contribution in [1.29, 1.82) is 0 Å². The van der Waals surface area contributed by atoms with E-state index in [0.29, 0.717) is 0 Å². The lowest BCUT2D eigenvalue weighted by Gasteiger charge is -2.29. The van der Waals surface area contributed by atoms with Crippen LogP contribution in [0, 0.1) is 5.92 Å². The monoisotopic (exact) mass is 338 g/mol. The molecule has 2 aromatic rings. The van der Waals surface area contributed by atoms with Gasteiger partial charge < -0.3 is 4.74 Å². The molecule has 0 unspecified atom stereocenters. The van der Waals surface area contributed by atoms with E-state index >= 15 is 0 Å². The summed E-state index contributed by atoms with van der Waals surface area (Å²) in [5.74, 6) is 2.75. The summed E-state index contributed by atoms with van der Waals surface area (Å²) in [6.07, 6.45) is 12.3. The molecule has 0 bridgehead atoms. The number of rotatable bonds is 8. The summed E-state index contributed by atoms with van der Waals surface area (Å²) in [7, 11) is 0. The molecule has 0 atom stereocenters. The number of hydrogen-bond acceptors (Lipinski definition) is 1. The van der Waals surface area contributed by atoms with Crippen molar-refractivity contribution in [3.8, 4) is 5.75 Å². The molecule has 1 heteroatoms. The van der Waals surface area contributed by atoms with Crippen molar-refractivity contribution in [3.63, 3.8) is 0 Å². The zero-order valence-corrected chi connectivity index (χ0v) is 16.1. The minimum atomic E-state index is 0.757. The Hall–Kier alpha value is -1.50. The minimum absolute atomic E-state index is 0.757. The van der Waals surface area contributed by atoms with Gasteiger partial charge in [-0.2, -0.15) is 0 Å². The van der Waals surface area contributed by atoms with Gasteiger partial charge in [0.1, 0.15) is 5.75 Å². The second kappa shape index (κ2) is 9.27. The molecule has 1 aliphatic rings. The van der Waals surface area contributed by atoms with Crippen LogP contribution in [0.1, 0.15) is 83.1 Å². The first-order valence-corrected chi connectivity index (χ1v) is 10.5. The van der Waals surface area contributed by atoms with Crippen LogP contribution in [0.15, 0.2) is 36.4 Å². The molecule has 0 heterocycles. The van der Waals surface area contributed by atoms with Gasteiger partial charge in [0.15, 0.2) is 0 Å². The normalized spacial score (nSPS) is 20.7. The highest BCUT2D eigenvalue weighted by atomic mass is 16.5. The van der Waals surface area contributed by atoms with Gasteiger partial charge in [-0.25, -0.2) is 0 Å². The number of ether oxygens (including phenoxy) is 1. The molecule has 1 aliphatic carbocycles. The van der Waals surface area contributed by atoms with Gasteiger partial charge in [-0.05, 0) is 72.4 Å². The van der Waals surface area contributed by atoms with Gasteiger partial charge in [-0.15, -0.1) is 0 Å². The zero-order chi connectivity index (χ0) is 17.5.